The van der Waals surface area contributed by atoms with Crippen LogP contribution in [0.3, 0.4) is 0 Å². The van der Waals surface area contributed by atoms with Gasteiger partial charge < -0.3 is 14.6 Å². The largest absolute Gasteiger partial charge is 0.481 e. The first-order valence-corrected chi connectivity index (χ1v) is 12.7. The molecule has 6 nitrogen and oxygen atoms in total. The minimum absolute atomic E-state index is 0.0662. The van der Waals surface area contributed by atoms with Crippen LogP contribution >= 0.6 is 0 Å². The molecule has 2 aliphatic rings. The van der Waals surface area contributed by atoms with Crippen LogP contribution in [0.1, 0.15) is 103 Å². The molecule has 0 radical (unpaired) electrons. The third kappa shape index (κ3) is 9.39. The van der Waals surface area contributed by atoms with Gasteiger partial charge in [-0.1, -0.05) is 32.6 Å². The smallest absolute Gasteiger partial charge is 0.305 e. The molecule has 0 aromatic heterocycles. The summed E-state index contributed by atoms with van der Waals surface area (Å²) in [4.78, 5) is 35.7. The summed E-state index contributed by atoms with van der Waals surface area (Å²) in [6, 6.07) is 0. The van der Waals surface area contributed by atoms with Gasteiger partial charge in [0.2, 0.25) is 5.78 Å². The third-order valence-corrected chi connectivity index (χ3v) is 6.89. The van der Waals surface area contributed by atoms with Crippen molar-refractivity contribution in [3.05, 3.63) is 0 Å². The van der Waals surface area contributed by atoms with Crippen molar-refractivity contribution < 1.29 is 37.7 Å². The highest BCUT2D eigenvalue weighted by molar-refractivity contribution is 5.86. The number of rotatable bonds is 16. The predicted octanol–water partition coefficient (Wildman–Crippen LogP) is 5.70. The zero-order valence-electron chi connectivity index (χ0n) is 19.9. The van der Waals surface area contributed by atoms with Gasteiger partial charge in [0.05, 0.1) is 6.10 Å². The molecule has 0 bridgehead atoms. The number of ketones is 2. The Bertz CT molecular complexity index is 632. The van der Waals surface area contributed by atoms with E-state index in [0.717, 1.165) is 38.5 Å². The summed E-state index contributed by atoms with van der Waals surface area (Å²) in [5.41, 5.74) is 0. The molecule has 1 aliphatic heterocycles. The van der Waals surface area contributed by atoms with E-state index in [1.54, 1.807) is 0 Å². The predicted molar refractivity (Wildman–Crippen MR) is 119 cm³/mol. The maximum Gasteiger partial charge on any atom is 0.305 e. The van der Waals surface area contributed by atoms with Crippen LogP contribution in [-0.2, 0) is 23.9 Å². The molecule has 190 valence electrons. The van der Waals surface area contributed by atoms with E-state index >= 15 is 0 Å². The molecular weight excluding hydrogens is 434 g/mol. The SMILES string of the molecule is CCCCC(F)(F)C(=O)CC[C@H]1C(OC2CCCCO2)CC(=O)C1CCCCCCC(=O)O. The van der Waals surface area contributed by atoms with Gasteiger partial charge in [-0.25, -0.2) is 0 Å². The number of Topliss-reactive ketones (excluding diaryl/α,β-unsaturated/α-hetero) is 2. The van der Waals surface area contributed by atoms with Crippen molar-refractivity contribution in [3.63, 3.8) is 0 Å². The van der Waals surface area contributed by atoms with Crippen molar-refractivity contribution in [2.45, 2.75) is 122 Å². The average molecular weight is 475 g/mol. The molecule has 0 amide bonds. The Labute approximate surface area is 195 Å². The Morgan fingerprint density at radius 1 is 1.09 bits per heavy atom. The number of carbonyl (C=O) groups excluding carboxylic acids is 2. The number of carboxylic acid groups (broad SMARTS) is 1. The van der Waals surface area contributed by atoms with Gasteiger partial charge in [0.1, 0.15) is 5.78 Å². The Kier molecular flexibility index (Phi) is 11.9. The lowest BCUT2D eigenvalue weighted by atomic mass is 9.84. The summed E-state index contributed by atoms with van der Waals surface area (Å²) < 4.78 is 40.2. The number of ether oxygens (including phenoxy) is 2. The molecule has 2 rings (SSSR count). The lowest BCUT2D eigenvalue weighted by Crippen LogP contribution is -2.33. The Morgan fingerprint density at radius 2 is 1.85 bits per heavy atom. The molecule has 33 heavy (non-hydrogen) atoms. The van der Waals surface area contributed by atoms with E-state index in [-0.39, 0.29) is 49.6 Å². The van der Waals surface area contributed by atoms with Crippen LogP contribution in [0.4, 0.5) is 8.78 Å². The first-order chi connectivity index (χ1) is 15.7. The molecule has 0 aromatic carbocycles. The third-order valence-electron chi connectivity index (χ3n) is 6.89. The minimum atomic E-state index is -3.32. The van der Waals surface area contributed by atoms with Crippen LogP contribution in [-0.4, -0.2) is 47.6 Å². The van der Waals surface area contributed by atoms with Crippen LogP contribution in [0.5, 0.6) is 0 Å². The highest BCUT2D eigenvalue weighted by Crippen LogP contribution is 2.40. The van der Waals surface area contributed by atoms with E-state index in [0.29, 0.717) is 32.3 Å². The standard InChI is InChI=1S/C25H40F2O6/c1-2-3-15-25(26,27)22(29)14-13-19-18(10-6-4-5-7-11-23(30)31)20(28)17-21(19)33-24-12-8-9-16-32-24/h18-19,21,24H,2-17H2,1H3,(H,30,31)/t18?,19-,21?,24?/m1/s1. The lowest BCUT2D eigenvalue weighted by molar-refractivity contribution is -0.196. The van der Waals surface area contributed by atoms with E-state index in [1.807, 2.05) is 6.92 Å². The molecule has 2 fully saturated rings. The van der Waals surface area contributed by atoms with Crippen molar-refractivity contribution in [2.24, 2.45) is 11.8 Å². The van der Waals surface area contributed by atoms with Gasteiger partial charge in [-0.2, -0.15) is 8.78 Å². The Hall–Kier alpha value is -1.41. The summed E-state index contributed by atoms with van der Waals surface area (Å²) >= 11 is 0. The quantitative estimate of drug-likeness (QED) is 0.289. The molecule has 0 spiro atoms. The fourth-order valence-electron chi connectivity index (χ4n) is 4.94. The number of unbranched alkanes of at least 4 members (excludes halogenated alkanes) is 4. The molecular formula is C25H40F2O6. The van der Waals surface area contributed by atoms with Gasteiger partial charge in [-0.3, -0.25) is 14.4 Å². The highest BCUT2D eigenvalue weighted by Gasteiger charge is 2.45. The Balaban J connectivity index is 1.95. The molecule has 1 aliphatic carbocycles. The fraction of sp³-hybridized carbons (Fsp3) is 0.880. The summed E-state index contributed by atoms with van der Waals surface area (Å²) in [5, 5.41) is 8.73. The maximum atomic E-state index is 14.2. The van der Waals surface area contributed by atoms with Gasteiger partial charge in [-0.05, 0) is 50.9 Å². The second-order valence-electron chi connectivity index (χ2n) is 9.53. The number of alkyl halides is 2. The number of carbonyl (C=O) groups is 3. The van der Waals surface area contributed by atoms with E-state index in [4.69, 9.17) is 14.6 Å². The van der Waals surface area contributed by atoms with Crippen LogP contribution < -0.4 is 0 Å². The number of carboxylic acids is 1. The van der Waals surface area contributed by atoms with Crippen LogP contribution in [0.25, 0.3) is 0 Å². The van der Waals surface area contributed by atoms with E-state index in [1.165, 1.54) is 0 Å². The average Bonchev–Trinajstić information content (AvgIpc) is 3.07. The summed E-state index contributed by atoms with van der Waals surface area (Å²) in [7, 11) is 0. The first kappa shape index (κ1) is 27.8. The van der Waals surface area contributed by atoms with Gasteiger partial charge in [0.25, 0.3) is 0 Å². The fourth-order valence-corrected chi connectivity index (χ4v) is 4.94. The second kappa shape index (κ2) is 14.1. The first-order valence-electron chi connectivity index (χ1n) is 12.7. The van der Waals surface area contributed by atoms with Crippen molar-refractivity contribution in [3.8, 4) is 0 Å². The number of hydrogen-bond acceptors (Lipinski definition) is 5. The molecule has 8 heteroatoms. The van der Waals surface area contributed by atoms with E-state index in [2.05, 4.69) is 0 Å². The van der Waals surface area contributed by atoms with Crippen molar-refractivity contribution >= 4 is 17.5 Å². The summed E-state index contributed by atoms with van der Waals surface area (Å²) in [6.45, 7) is 2.42. The number of hydrogen-bond donors (Lipinski definition) is 1. The van der Waals surface area contributed by atoms with Crippen LogP contribution in [0, 0.1) is 11.8 Å². The van der Waals surface area contributed by atoms with Gasteiger partial charge in [-0.15, -0.1) is 0 Å². The molecule has 1 heterocycles. The van der Waals surface area contributed by atoms with Gasteiger partial charge in [0.15, 0.2) is 6.29 Å². The van der Waals surface area contributed by atoms with Crippen molar-refractivity contribution in [1.82, 2.24) is 0 Å². The van der Waals surface area contributed by atoms with Crippen LogP contribution in [0.15, 0.2) is 0 Å². The molecule has 3 unspecified atom stereocenters. The monoisotopic (exact) mass is 474 g/mol. The zero-order chi connectivity index (χ0) is 24.3. The van der Waals surface area contributed by atoms with E-state index < -0.39 is 30.2 Å². The van der Waals surface area contributed by atoms with Crippen molar-refractivity contribution in [1.29, 1.82) is 0 Å². The molecule has 4 atom stereocenters. The lowest BCUT2D eigenvalue weighted by Gasteiger charge is -2.30. The zero-order valence-corrected chi connectivity index (χ0v) is 19.9. The molecule has 1 N–H and O–H groups in total. The second-order valence-corrected chi connectivity index (χ2v) is 9.53. The van der Waals surface area contributed by atoms with E-state index in [9.17, 15) is 23.2 Å². The minimum Gasteiger partial charge on any atom is -0.481 e. The highest BCUT2D eigenvalue weighted by atomic mass is 19.3. The Morgan fingerprint density at radius 3 is 2.52 bits per heavy atom. The topological polar surface area (TPSA) is 89.9 Å². The summed E-state index contributed by atoms with van der Waals surface area (Å²) in [5.74, 6) is -5.69. The van der Waals surface area contributed by atoms with Crippen molar-refractivity contribution in [2.75, 3.05) is 6.61 Å². The normalized spacial score (nSPS) is 26.0. The number of aliphatic carboxylic acids is 1. The van der Waals surface area contributed by atoms with Crippen LogP contribution in [0.2, 0.25) is 0 Å². The summed E-state index contributed by atoms with van der Waals surface area (Å²) in [6.07, 6.45) is 6.29. The molecule has 1 saturated carbocycles. The maximum absolute atomic E-state index is 14.2. The number of halogens is 2. The molecule has 0 aromatic rings. The van der Waals surface area contributed by atoms with Gasteiger partial charge >= 0.3 is 11.9 Å². The molecule has 1 saturated heterocycles. The van der Waals surface area contributed by atoms with Gasteiger partial charge in [0, 0.05) is 38.2 Å².